The predicted octanol–water partition coefficient (Wildman–Crippen LogP) is 3.43. The number of rotatable bonds is 3. The van der Waals surface area contributed by atoms with Gasteiger partial charge < -0.3 is 15.1 Å². The zero-order valence-corrected chi connectivity index (χ0v) is 15.5. The Balaban J connectivity index is 0.00000132. The molecule has 2 aromatic rings. The number of aryl methyl sites for hydroxylation is 2. The van der Waals surface area contributed by atoms with Crippen LogP contribution in [0.3, 0.4) is 0 Å². The van der Waals surface area contributed by atoms with Gasteiger partial charge in [-0.2, -0.15) is 0 Å². The molecule has 1 unspecified atom stereocenters. The molecule has 0 spiro atoms. The second kappa shape index (κ2) is 8.15. The molecule has 1 saturated heterocycles. The molecule has 8 heteroatoms. The van der Waals surface area contributed by atoms with Gasteiger partial charge in [0.25, 0.3) is 5.91 Å². The van der Waals surface area contributed by atoms with Gasteiger partial charge in [-0.05, 0) is 38.8 Å². The van der Waals surface area contributed by atoms with Crippen molar-refractivity contribution in [3.05, 3.63) is 28.5 Å². The summed E-state index contributed by atoms with van der Waals surface area (Å²) in [5.41, 5.74) is 6.52. The number of nitrogens with two attached hydrogens (primary N) is 1. The summed E-state index contributed by atoms with van der Waals surface area (Å²) in [6.07, 6.45) is 2.01. The van der Waals surface area contributed by atoms with Crippen LogP contribution in [0.25, 0.3) is 10.8 Å². The first-order valence-corrected chi connectivity index (χ1v) is 7.97. The van der Waals surface area contributed by atoms with E-state index >= 15 is 0 Å². The minimum Gasteiger partial charge on any atom is -0.459 e. The molecular formula is C15H21Cl2N3O2S. The van der Waals surface area contributed by atoms with E-state index in [4.69, 9.17) is 10.2 Å². The van der Waals surface area contributed by atoms with Gasteiger partial charge in [0.1, 0.15) is 10.6 Å². The van der Waals surface area contributed by atoms with E-state index in [1.165, 1.54) is 11.3 Å². The number of hydrogen-bond acceptors (Lipinski definition) is 5. The lowest BCUT2D eigenvalue weighted by Gasteiger charge is -2.22. The molecule has 1 amide bonds. The molecule has 0 aromatic carbocycles. The molecule has 23 heavy (non-hydrogen) atoms. The first kappa shape index (κ1) is 20.0. The van der Waals surface area contributed by atoms with Crippen molar-refractivity contribution >= 4 is 42.1 Å². The lowest BCUT2D eigenvalue weighted by atomic mass is 10.2. The first-order valence-electron chi connectivity index (χ1n) is 7.15. The highest BCUT2D eigenvalue weighted by Gasteiger charge is 2.30. The van der Waals surface area contributed by atoms with E-state index in [9.17, 15) is 4.79 Å². The van der Waals surface area contributed by atoms with Crippen LogP contribution in [0.15, 0.2) is 16.5 Å². The number of nitrogens with zero attached hydrogens (tertiary/aromatic N) is 2. The molecule has 0 radical (unpaired) electrons. The molecule has 2 aromatic heterocycles. The summed E-state index contributed by atoms with van der Waals surface area (Å²) >= 11 is 1.40. The fraction of sp³-hybridized carbons (Fsp3) is 0.467. The van der Waals surface area contributed by atoms with Crippen molar-refractivity contribution in [1.29, 1.82) is 0 Å². The van der Waals surface area contributed by atoms with Gasteiger partial charge >= 0.3 is 0 Å². The van der Waals surface area contributed by atoms with Crippen LogP contribution in [0.1, 0.15) is 34.0 Å². The Morgan fingerprint density at radius 3 is 2.78 bits per heavy atom. The third kappa shape index (κ3) is 3.88. The van der Waals surface area contributed by atoms with Crippen LogP contribution in [0, 0.1) is 13.8 Å². The Morgan fingerprint density at radius 2 is 2.17 bits per heavy atom. The highest BCUT2D eigenvalue weighted by atomic mass is 35.5. The second-order valence-electron chi connectivity index (χ2n) is 5.37. The minimum absolute atomic E-state index is 0. The number of furan rings is 1. The summed E-state index contributed by atoms with van der Waals surface area (Å²) in [5.74, 6) is 1.61. The van der Waals surface area contributed by atoms with Gasteiger partial charge in [0.05, 0.1) is 5.69 Å². The van der Waals surface area contributed by atoms with Crippen LogP contribution in [-0.4, -0.2) is 34.9 Å². The van der Waals surface area contributed by atoms with E-state index in [2.05, 4.69) is 4.98 Å². The second-order valence-corrected chi connectivity index (χ2v) is 6.37. The smallest absolute Gasteiger partial charge is 0.266 e. The number of thiazole rings is 1. The Hall–Kier alpha value is -1.08. The lowest BCUT2D eigenvalue weighted by molar-refractivity contribution is 0.0745. The molecule has 3 rings (SSSR count). The third-order valence-corrected chi connectivity index (χ3v) is 5.01. The quantitative estimate of drug-likeness (QED) is 0.888. The molecule has 3 heterocycles. The van der Waals surface area contributed by atoms with Gasteiger partial charge in [-0.3, -0.25) is 4.79 Å². The van der Waals surface area contributed by atoms with Crippen molar-refractivity contribution in [3.8, 4) is 10.8 Å². The zero-order valence-electron chi connectivity index (χ0n) is 13.1. The fourth-order valence-electron chi connectivity index (χ4n) is 2.73. The average Bonchev–Trinajstić information content (AvgIpc) is 3.16. The number of carbonyl (C=O) groups excluding carboxylic acids is 1. The van der Waals surface area contributed by atoms with E-state index in [0.29, 0.717) is 11.4 Å². The monoisotopic (exact) mass is 377 g/mol. The van der Waals surface area contributed by atoms with Crippen molar-refractivity contribution in [2.75, 3.05) is 13.1 Å². The summed E-state index contributed by atoms with van der Waals surface area (Å²) in [6, 6.07) is 3.95. The minimum atomic E-state index is 0. The molecular weight excluding hydrogens is 357 g/mol. The van der Waals surface area contributed by atoms with E-state index in [1.54, 1.807) is 0 Å². The van der Waals surface area contributed by atoms with Crippen molar-refractivity contribution in [2.45, 2.75) is 32.7 Å². The maximum absolute atomic E-state index is 12.7. The molecule has 1 aliphatic rings. The van der Waals surface area contributed by atoms with Crippen molar-refractivity contribution in [2.24, 2.45) is 5.73 Å². The maximum Gasteiger partial charge on any atom is 0.266 e. The van der Waals surface area contributed by atoms with Crippen LogP contribution < -0.4 is 5.73 Å². The van der Waals surface area contributed by atoms with Gasteiger partial charge in [0.2, 0.25) is 0 Å². The molecule has 2 N–H and O–H groups in total. The van der Waals surface area contributed by atoms with Crippen molar-refractivity contribution in [1.82, 2.24) is 9.88 Å². The summed E-state index contributed by atoms with van der Waals surface area (Å²) in [4.78, 5) is 19.8. The van der Waals surface area contributed by atoms with Gasteiger partial charge in [0.15, 0.2) is 10.8 Å². The summed E-state index contributed by atoms with van der Waals surface area (Å²) < 4.78 is 5.59. The van der Waals surface area contributed by atoms with Crippen LogP contribution in [0.4, 0.5) is 0 Å². The predicted molar refractivity (Wildman–Crippen MR) is 96.9 cm³/mol. The van der Waals surface area contributed by atoms with E-state index in [0.717, 1.165) is 41.6 Å². The van der Waals surface area contributed by atoms with Gasteiger partial charge in [0, 0.05) is 19.1 Å². The number of amides is 1. The van der Waals surface area contributed by atoms with Crippen molar-refractivity contribution < 1.29 is 9.21 Å². The Morgan fingerprint density at radius 1 is 1.43 bits per heavy atom. The number of carbonyl (C=O) groups is 1. The van der Waals surface area contributed by atoms with E-state index in [1.807, 2.05) is 30.9 Å². The molecule has 1 aliphatic heterocycles. The summed E-state index contributed by atoms with van der Waals surface area (Å²) in [7, 11) is 0. The van der Waals surface area contributed by atoms with Crippen molar-refractivity contribution in [3.63, 3.8) is 0 Å². The number of aromatic nitrogens is 1. The SMILES string of the molecule is Cc1ccc(-c2nc(C)c(C(=O)N3CCCC3CN)s2)o1.Cl.Cl. The highest BCUT2D eigenvalue weighted by Crippen LogP contribution is 2.31. The van der Waals surface area contributed by atoms with Gasteiger partial charge in [-0.25, -0.2) is 4.98 Å². The van der Waals surface area contributed by atoms with Crippen LogP contribution in [0.2, 0.25) is 0 Å². The molecule has 5 nitrogen and oxygen atoms in total. The Bertz CT molecular complexity index is 671. The largest absolute Gasteiger partial charge is 0.459 e. The van der Waals surface area contributed by atoms with E-state index < -0.39 is 0 Å². The molecule has 0 aliphatic carbocycles. The maximum atomic E-state index is 12.7. The Labute approximate surface area is 152 Å². The normalized spacial score (nSPS) is 16.8. The van der Waals surface area contributed by atoms with Gasteiger partial charge in [-0.1, -0.05) is 0 Å². The number of halogens is 2. The third-order valence-electron chi connectivity index (χ3n) is 3.85. The standard InChI is InChI=1S/C15H19N3O2S.2ClH/c1-9-5-6-12(20-9)14-17-10(2)13(21-14)15(19)18-7-3-4-11(18)8-16;;/h5-6,11H,3-4,7-8,16H2,1-2H3;2*1H. The van der Waals surface area contributed by atoms with Crippen LogP contribution in [0.5, 0.6) is 0 Å². The summed E-state index contributed by atoms with van der Waals surface area (Å²) in [6.45, 7) is 5.07. The van der Waals surface area contributed by atoms with Crippen LogP contribution >= 0.6 is 36.2 Å². The first-order chi connectivity index (χ1) is 10.1. The lowest BCUT2D eigenvalue weighted by Crippen LogP contribution is -2.39. The Kier molecular flexibility index (Phi) is 7.07. The van der Waals surface area contributed by atoms with E-state index in [-0.39, 0.29) is 36.8 Å². The number of likely N-dealkylation sites (tertiary alicyclic amines) is 1. The summed E-state index contributed by atoms with van der Waals surface area (Å²) in [5, 5.41) is 0.757. The highest BCUT2D eigenvalue weighted by molar-refractivity contribution is 7.17. The topological polar surface area (TPSA) is 72.4 Å². The van der Waals surface area contributed by atoms with Gasteiger partial charge in [-0.15, -0.1) is 36.2 Å². The molecule has 0 bridgehead atoms. The number of hydrogen-bond donors (Lipinski definition) is 1. The zero-order chi connectivity index (χ0) is 15.0. The van der Waals surface area contributed by atoms with Crippen LogP contribution in [-0.2, 0) is 0 Å². The average molecular weight is 378 g/mol. The fourth-order valence-corrected chi connectivity index (χ4v) is 3.71. The molecule has 0 saturated carbocycles. The molecule has 1 atom stereocenters. The molecule has 1 fully saturated rings. The molecule has 128 valence electrons.